The molecule has 0 radical (unpaired) electrons. The molecule has 19 heavy (non-hydrogen) atoms. The van der Waals surface area contributed by atoms with Crippen LogP contribution in [0.1, 0.15) is 30.5 Å². The van der Waals surface area contributed by atoms with E-state index in [2.05, 4.69) is 20.5 Å². The molecule has 3 rings (SSSR count). The second kappa shape index (κ2) is 5.84. The first-order valence-corrected chi connectivity index (χ1v) is 6.74. The molecule has 0 saturated carbocycles. The van der Waals surface area contributed by atoms with E-state index in [0.717, 1.165) is 36.8 Å². The van der Waals surface area contributed by atoms with Crippen LogP contribution in [0, 0.1) is 0 Å². The van der Waals surface area contributed by atoms with Crippen molar-refractivity contribution in [3.8, 4) is 5.75 Å². The van der Waals surface area contributed by atoms with Crippen LogP contribution >= 0.6 is 0 Å². The van der Waals surface area contributed by atoms with E-state index in [1.54, 1.807) is 0 Å². The zero-order chi connectivity index (χ0) is 12.9. The van der Waals surface area contributed by atoms with Gasteiger partial charge in [0.15, 0.2) is 5.82 Å². The molecular formula is C14H18N4O. The lowest BCUT2D eigenvalue weighted by atomic mass is 10.2. The highest BCUT2D eigenvalue weighted by Crippen LogP contribution is 2.19. The highest BCUT2D eigenvalue weighted by molar-refractivity contribution is 5.20. The molecule has 1 unspecified atom stereocenters. The molecule has 2 N–H and O–H groups in total. The fourth-order valence-electron chi connectivity index (χ4n) is 2.26. The zero-order valence-corrected chi connectivity index (χ0v) is 10.8. The molecule has 1 aliphatic heterocycles. The van der Waals surface area contributed by atoms with E-state index in [-0.39, 0.29) is 0 Å². The van der Waals surface area contributed by atoms with Gasteiger partial charge in [0.2, 0.25) is 0 Å². The van der Waals surface area contributed by atoms with Crippen LogP contribution in [0.5, 0.6) is 5.75 Å². The van der Waals surface area contributed by atoms with Gasteiger partial charge in [-0.15, -0.1) is 0 Å². The molecule has 5 heteroatoms. The number of aromatic amines is 1. The summed E-state index contributed by atoms with van der Waals surface area (Å²) in [5.74, 6) is 2.66. The highest BCUT2D eigenvalue weighted by Gasteiger charge is 2.20. The Balaban J connectivity index is 1.50. The number of para-hydroxylation sites is 1. The quantitative estimate of drug-likeness (QED) is 0.859. The summed E-state index contributed by atoms with van der Waals surface area (Å²) < 4.78 is 5.64. The Hall–Kier alpha value is -1.88. The lowest BCUT2D eigenvalue weighted by Crippen LogP contribution is -2.14. The van der Waals surface area contributed by atoms with E-state index >= 15 is 0 Å². The van der Waals surface area contributed by atoms with Gasteiger partial charge in [-0.3, -0.25) is 5.10 Å². The summed E-state index contributed by atoms with van der Waals surface area (Å²) in [6, 6.07) is 10.1. The molecule has 0 amide bonds. The minimum atomic E-state index is 0.319. The molecule has 0 bridgehead atoms. The van der Waals surface area contributed by atoms with Crippen LogP contribution in [-0.4, -0.2) is 28.3 Å². The predicted octanol–water partition coefficient (Wildman–Crippen LogP) is 1.85. The third kappa shape index (κ3) is 3.12. The summed E-state index contributed by atoms with van der Waals surface area (Å²) in [5.41, 5.74) is 0. The van der Waals surface area contributed by atoms with Gasteiger partial charge in [0.05, 0.1) is 12.6 Å². The predicted molar refractivity (Wildman–Crippen MR) is 72.0 cm³/mol. The van der Waals surface area contributed by atoms with Crippen LogP contribution in [-0.2, 0) is 6.42 Å². The largest absolute Gasteiger partial charge is 0.493 e. The Bertz CT molecular complexity index is 505. The minimum Gasteiger partial charge on any atom is -0.493 e. The number of H-pyrrole nitrogens is 1. The number of hydrogen-bond donors (Lipinski definition) is 2. The molecule has 1 atom stereocenters. The van der Waals surface area contributed by atoms with Crippen molar-refractivity contribution in [3.05, 3.63) is 42.0 Å². The van der Waals surface area contributed by atoms with Gasteiger partial charge in [0.1, 0.15) is 11.6 Å². The van der Waals surface area contributed by atoms with Gasteiger partial charge in [0.25, 0.3) is 0 Å². The Morgan fingerprint density at radius 3 is 2.95 bits per heavy atom. The van der Waals surface area contributed by atoms with Gasteiger partial charge in [-0.05, 0) is 31.5 Å². The second-order valence-electron chi connectivity index (χ2n) is 4.70. The summed E-state index contributed by atoms with van der Waals surface area (Å²) in [4.78, 5) is 4.51. The fraction of sp³-hybridized carbons (Fsp3) is 0.429. The average Bonchev–Trinajstić information content (AvgIpc) is 3.10. The summed E-state index contributed by atoms with van der Waals surface area (Å²) in [6.45, 7) is 1.67. The van der Waals surface area contributed by atoms with Crippen molar-refractivity contribution >= 4 is 0 Å². The molecule has 1 aromatic heterocycles. The summed E-state index contributed by atoms with van der Waals surface area (Å²) in [7, 11) is 0. The Kier molecular flexibility index (Phi) is 3.74. The van der Waals surface area contributed by atoms with Crippen LogP contribution in [0.2, 0.25) is 0 Å². The van der Waals surface area contributed by atoms with E-state index in [0.29, 0.717) is 12.6 Å². The van der Waals surface area contributed by atoms with Crippen molar-refractivity contribution in [2.24, 2.45) is 0 Å². The Labute approximate surface area is 112 Å². The standard InChI is InChI=1S/C14H18N4O/c1-2-5-11(6-3-1)19-10-8-13-16-14(18-17-13)12-7-4-9-15-12/h1-3,5-6,12,15H,4,7-10H2,(H,16,17,18). The van der Waals surface area contributed by atoms with Crippen LogP contribution < -0.4 is 10.1 Å². The van der Waals surface area contributed by atoms with E-state index in [1.807, 2.05) is 30.3 Å². The maximum Gasteiger partial charge on any atom is 0.167 e. The van der Waals surface area contributed by atoms with Gasteiger partial charge in [-0.25, -0.2) is 4.98 Å². The van der Waals surface area contributed by atoms with E-state index in [4.69, 9.17) is 4.74 Å². The lowest BCUT2D eigenvalue weighted by Gasteiger charge is -2.04. The smallest absolute Gasteiger partial charge is 0.167 e. The number of rotatable bonds is 5. The number of hydrogen-bond acceptors (Lipinski definition) is 4. The van der Waals surface area contributed by atoms with Crippen LogP contribution in [0.25, 0.3) is 0 Å². The van der Waals surface area contributed by atoms with Gasteiger partial charge >= 0.3 is 0 Å². The van der Waals surface area contributed by atoms with Crippen molar-refractivity contribution in [3.63, 3.8) is 0 Å². The molecule has 2 heterocycles. The van der Waals surface area contributed by atoms with E-state index in [1.165, 1.54) is 6.42 Å². The van der Waals surface area contributed by atoms with Crippen molar-refractivity contribution in [2.45, 2.75) is 25.3 Å². The molecule has 0 aliphatic carbocycles. The molecule has 2 aromatic rings. The zero-order valence-electron chi connectivity index (χ0n) is 10.8. The topological polar surface area (TPSA) is 62.8 Å². The maximum atomic E-state index is 5.64. The Morgan fingerprint density at radius 2 is 2.16 bits per heavy atom. The molecule has 5 nitrogen and oxygen atoms in total. The summed E-state index contributed by atoms with van der Waals surface area (Å²) in [5, 5.41) is 10.6. The number of nitrogens with zero attached hydrogens (tertiary/aromatic N) is 2. The minimum absolute atomic E-state index is 0.319. The van der Waals surface area contributed by atoms with Gasteiger partial charge < -0.3 is 10.1 Å². The molecule has 1 aromatic carbocycles. The van der Waals surface area contributed by atoms with Crippen molar-refractivity contribution < 1.29 is 4.74 Å². The van der Waals surface area contributed by atoms with Crippen molar-refractivity contribution in [1.29, 1.82) is 0 Å². The SMILES string of the molecule is c1ccc(OCCc2nc(C3CCCN3)n[nH]2)cc1. The van der Waals surface area contributed by atoms with E-state index < -0.39 is 0 Å². The number of aromatic nitrogens is 3. The van der Waals surface area contributed by atoms with E-state index in [9.17, 15) is 0 Å². The van der Waals surface area contributed by atoms with Crippen LogP contribution in [0.15, 0.2) is 30.3 Å². The summed E-state index contributed by atoms with van der Waals surface area (Å²) in [6.07, 6.45) is 3.07. The Morgan fingerprint density at radius 1 is 1.26 bits per heavy atom. The lowest BCUT2D eigenvalue weighted by molar-refractivity contribution is 0.319. The molecular weight excluding hydrogens is 240 g/mol. The average molecular weight is 258 g/mol. The molecule has 1 fully saturated rings. The number of nitrogens with one attached hydrogen (secondary N) is 2. The van der Waals surface area contributed by atoms with Gasteiger partial charge in [0, 0.05) is 6.42 Å². The van der Waals surface area contributed by atoms with Crippen molar-refractivity contribution in [1.82, 2.24) is 20.5 Å². The first-order valence-electron chi connectivity index (χ1n) is 6.74. The first-order chi connectivity index (χ1) is 9.42. The van der Waals surface area contributed by atoms with Crippen molar-refractivity contribution in [2.75, 3.05) is 13.2 Å². The molecule has 0 spiro atoms. The normalized spacial score (nSPS) is 18.6. The maximum absolute atomic E-state index is 5.64. The van der Waals surface area contributed by atoms with Gasteiger partial charge in [-0.1, -0.05) is 18.2 Å². The number of ether oxygens (including phenoxy) is 1. The van der Waals surface area contributed by atoms with Gasteiger partial charge in [-0.2, -0.15) is 5.10 Å². The second-order valence-corrected chi connectivity index (χ2v) is 4.70. The molecule has 1 aliphatic rings. The fourth-order valence-corrected chi connectivity index (χ4v) is 2.26. The van der Waals surface area contributed by atoms with Crippen LogP contribution in [0.4, 0.5) is 0 Å². The monoisotopic (exact) mass is 258 g/mol. The number of benzene rings is 1. The third-order valence-corrected chi connectivity index (χ3v) is 3.27. The first kappa shape index (κ1) is 12.2. The highest BCUT2D eigenvalue weighted by atomic mass is 16.5. The molecule has 100 valence electrons. The third-order valence-electron chi connectivity index (χ3n) is 3.27. The van der Waals surface area contributed by atoms with Crippen LogP contribution in [0.3, 0.4) is 0 Å². The molecule has 1 saturated heterocycles. The summed E-state index contributed by atoms with van der Waals surface area (Å²) >= 11 is 0.